The number of nitrogens with one attached hydrogen (secondary N) is 1. The molecule has 6 heteroatoms. The number of hydrogen-bond acceptors (Lipinski definition) is 4. The second-order valence-corrected chi connectivity index (χ2v) is 4.72. The van der Waals surface area contributed by atoms with Gasteiger partial charge in [0.25, 0.3) is 0 Å². The van der Waals surface area contributed by atoms with Gasteiger partial charge in [0.1, 0.15) is 6.10 Å². The predicted octanol–water partition coefficient (Wildman–Crippen LogP) is 0.443. The Morgan fingerprint density at radius 2 is 2.35 bits per heavy atom. The first-order chi connectivity index (χ1) is 7.94. The van der Waals surface area contributed by atoms with Crippen molar-refractivity contribution in [2.24, 2.45) is 16.8 Å². The van der Waals surface area contributed by atoms with E-state index >= 15 is 0 Å². The van der Waals surface area contributed by atoms with Gasteiger partial charge in [0.2, 0.25) is 5.91 Å². The van der Waals surface area contributed by atoms with Crippen molar-refractivity contribution in [2.45, 2.75) is 45.3 Å². The second-order valence-electron chi connectivity index (χ2n) is 4.72. The molecular weight excluding hydrogens is 222 g/mol. The van der Waals surface area contributed by atoms with Crippen molar-refractivity contribution >= 4 is 11.7 Å². The van der Waals surface area contributed by atoms with Crippen LogP contribution in [0.2, 0.25) is 0 Å². The van der Waals surface area contributed by atoms with E-state index in [9.17, 15) is 4.79 Å². The predicted molar refractivity (Wildman–Crippen MR) is 63.8 cm³/mol. The molecule has 1 fully saturated rings. The number of nitrogens with two attached hydrogens (primary N) is 1. The quantitative estimate of drug-likeness (QED) is 0.289. The molecule has 1 saturated heterocycles. The average Bonchev–Trinajstić information content (AvgIpc) is 2.74. The van der Waals surface area contributed by atoms with Crippen LogP contribution in [0.5, 0.6) is 0 Å². The Morgan fingerprint density at radius 3 is 2.76 bits per heavy atom. The lowest BCUT2D eigenvalue weighted by molar-refractivity contribution is -0.132. The topological polar surface area (TPSA) is 96.9 Å². The third-order valence-corrected chi connectivity index (χ3v) is 3.43. The number of carbonyl (C=O) groups excluding carboxylic acids is 1. The van der Waals surface area contributed by atoms with Gasteiger partial charge in [-0.25, -0.2) is 0 Å². The number of rotatable bonds is 4. The molecule has 1 aliphatic rings. The fraction of sp³-hybridized carbons (Fsp3) is 0.818. The van der Waals surface area contributed by atoms with E-state index in [1.807, 2.05) is 13.8 Å². The minimum Gasteiger partial charge on any atom is -0.409 e. The van der Waals surface area contributed by atoms with Crippen molar-refractivity contribution in [3.63, 3.8) is 0 Å². The summed E-state index contributed by atoms with van der Waals surface area (Å²) in [6.45, 7) is 6.16. The molecule has 1 heterocycles. The maximum atomic E-state index is 12.0. The molecule has 0 aliphatic carbocycles. The summed E-state index contributed by atoms with van der Waals surface area (Å²) >= 11 is 0. The van der Waals surface area contributed by atoms with E-state index in [0.29, 0.717) is 13.0 Å². The fourth-order valence-corrected chi connectivity index (χ4v) is 1.82. The van der Waals surface area contributed by atoms with E-state index < -0.39 is 11.6 Å². The zero-order chi connectivity index (χ0) is 13.1. The van der Waals surface area contributed by atoms with Crippen molar-refractivity contribution in [3.05, 3.63) is 0 Å². The number of ether oxygens (including phenoxy) is 1. The van der Waals surface area contributed by atoms with Crippen LogP contribution < -0.4 is 11.1 Å². The molecule has 0 aromatic carbocycles. The number of nitrogens with zero attached hydrogens (tertiary/aromatic N) is 1. The molecule has 98 valence electrons. The normalized spacial score (nSPS) is 28.8. The summed E-state index contributed by atoms with van der Waals surface area (Å²) in [5.74, 6) is -0.00616. The smallest absolute Gasteiger partial charge is 0.250 e. The summed E-state index contributed by atoms with van der Waals surface area (Å²) in [6, 6.07) is 0. The number of amidine groups is 1. The first kappa shape index (κ1) is 13.8. The highest BCUT2D eigenvalue weighted by Gasteiger charge is 2.36. The molecule has 6 nitrogen and oxygen atoms in total. The van der Waals surface area contributed by atoms with Crippen LogP contribution in [0.4, 0.5) is 0 Å². The highest BCUT2D eigenvalue weighted by Crippen LogP contribution is 2.21. The lowest BCUT2D eigenvalue weighted by Gasteiger charge is -2.29. The van der Waals surface area contributed by atoms with Crippen LogP contribution in [0.25, 0.3) is 0 Å². The molecule has 3 atom stereocenters. The van der Waals surface area contributed by atoms with Gasteiger partial charge < -0.3 is 21.0 Å². The summed E-state index contributed by atoms with van der Waals surface area (Å²) in [6.07, 6.45) is 0.979. The van der Waals surface area contributed by atoms with E-state index in [-0.39, 0.29) is 17.7 Å². The molecule has 0 spiro atoms. The Hall–Kier alpha value is -1.30. The van der Waals surface area contributed by atoms with Gasteiger partial charge in [-0.2, -0.15) is 0 Å². The van der Waals surface area contributed by atoms with Gasteiger partial charge in [0.15, 0.2) is 5.84 Å². The van der Waals surface area contributed by atoms with Gasteiger partial charge >= 0.3 is 0 Å². The molecule has 0 aromatic rings. The van der Waals surface area contributed by atoms with E-state index in [4.69, 9.17) is 15.7 Å². The maximum Gasteiger partial charge on any atom is 0.250 e. The number of carbonyl (C=O) groups is 1. The van der Waals surface area contributed by atoms with E-state index in [1.54, 1.807) is 6.92 Å². The molecule has 1 aliphatic heterocycles. The highest BCUT2D eigenvalue weighted by atomic mass is 16.5. The van der Waals surface area contributed by atoms with Crippen LogP contribution in [0.3, 0.4) is 0 Å². The number of hydrogen-bond donors (Lipinski definition) is 3. The Labute approximate surface area is 101 Å². The lowest BCUT2D eigenvalue weighted by Crippen LogP contribution is -2.57. The Kier molecular flexibility index (Phi) is 4.34. The van der Waals surface area contributed by atoms with Gasteiger partial charge in [-0.15, -0.1) is 0 Å². The molecule has 1 amide bonds. The maximum absolute atomic E-state index is 12.0. The van der Waals surface area contributed by atoms with Crippen molar-refractivity contribution in [1.82, 2.24) is 5.32 Å². The van der Waals surface area contributed by atoms with Crippen LogP contribution in [0, 0.1) is 5.92 Å². The zero-order valence-electron chi connectivity index (χ0n) is 10.6. The number of amides is 1. The Morgan fingerprint density at radius 1 is 1.71 bits per heavy atom. The van der Waals surface area contributed by atoms with Crippen LogP contribution in [0.1, 0.15) is 33.6 Å². The summed E-state index contributed by atoms with van der Waals surface area (Å²) in [5, 5.41) is 14.5. The molecule has 3 unspecified atom stereocenters. The van der Waals surface area contributed by atoms with Crippen molar-refractivity contribution in [1.29, 1.82) is 0 Å². The van der Waals surface area contributed by atoms with Gasteiger partial charge in [0.05, 0.1) is 5.54 Å². The number of oxime groups is 1. The minimum atomic E-state index is -0.836. The zero-order valence-corrected chi connectivity index (χ0v) is 10.6. The SMILES string of the molecule is CCC(C)(NC(=O)C1OCCC1C)C(N)=NO. The molecular formula is C11H21N3O3. The summed E-state index contributed by atoms with van der Waals surface area (Å²) < 4.78 is 5.38. The Balaban J connectivity index is 2.72. The van der Waals surface area contributed by atoms with Crippen molar-refractivity contribution in [2.75, 3.05) is 6.61 Å². The van der Waals surface area contributed by atoms with Gasteiger partial charge in [-0.05, 0) is 25.7 Å². The third kappa shape index (κ3) is 2.88. The molecule has 0 aromatic heterocycles. The minimum absolute atomic E-state index is 0.000926. The Bertz CT molecular complexity index is 319. The second kappa shape index (κ2) is 5.35. The fourth-order valence-electron chi connectivity index (χ4n) is 1.82. The van der Waals surface area contributed by atoms with Gasteiger partial charge in [-0.3, -0.25) is 4.79 Å². The first-order valence-electron chi connectivity index (χ1n) is 5.86. The average molecular weight is 243 g/mol. The first-order valence-corrected chi connectivity index (χ1v) is 5.86. The van der Waals surface area contributed by atoms with Crippen LogP contribution in [-0.2, 0) is 9.53 Å². The third-order valence-electron chi connectivity index (χ3n) is 3.43. The van der Waals surface area contributed by atoms with Crippen molar-refractivity contribution in [3.8, 4) is 0 Å². The molecule has 17 heavy (non-hydrogen) atoms. The monoisotopic (exact) mass is 243 g/mol. The lowest BCUT2D eigenvalue weighted by atomic mass is 9.95. The van der Waals surface area contributed by atoms with Gasteiger partial charge in [-0.1, -0.05) is 19.0 Å². The molecule has 0 bridgehead atoms. The summed E-state index contributed by atoms with van der Waals surface area (Å²) in [7, 11) is 0. The van der Waals surface area contributed by atoms with Crippen LogP contribution >= 0.6 is 0 Å². The summed E-state index contributed by atoms with van der Waals surface area (Å²) in [4.78, 5) is 12.0. The molecule has 1 rings (SSSR count). The van der Waals surface area contributed by atoms with E-state index in [0.717, 1.165) is 6.42 Å². The summed E-state index contributed by atoms with van der Waals surface area (Å²) in [5.41, 5.74) is 4.75. The van der Waals surface area contributed by atoms with E-state index in [2.05, 4.69) is 10.5 Å². The highest BCUT2D eigenvalue weighted by molar-refractivity contribution is 5.94. The van der Waals surface area contributed by atoms with Crippen molar-refractivity contribution < 1.29 is 14.7 Å². The van der Waals surface area contributed by atoms with E-state index in [1.165, 1.54) is 0 Å². The largest absolute Gasteiger partial charge is 0.409 e. The molecule has 0 saturated carbocycles. The molecule has 4 N–H and O–H groups in total. The standard InChI is InChI=1S/C11H21N3O3/c1-4-11(3,10(12)14-16)13-9(15)8-7(2)5-6-17-8/h7-8,16H,4-6H2,1-3H3,(H2,12,14)(H,13,15). The van der Waals surface area contributed by atoms with Crippen LogP contribution in [-0.4, -0.2) is 35.2 Å². The molecule has 0 radical (unpaired) electrons. The van der Waals surface area contributed by atoms with Gasteiger partial charge in [0, 0.05) is 6.61 Å². The van der Waals surface area contributed by atoms with Crippen LogP contribution in [0.15, 0.2) is 5.16 Å².